The van der Waals surface area contributed by atoms with Crippen molar-refractivity contribution in [1.82, 2.24) is 25.2 Å². The molecule has 0 aliphatic heterocycles. The first kappa shape index (κ1) is 14.5. The molecule has 1 aromatic carbocycles. The molecule has 0 saturated heterocycles. The highest BCUT2D eigenvalue weighted by Crippen LogP contribution is 2.15. The maximum atomic E-state index is 5.29. The Labute approximate surface area is 129 Å². The second kappa shape index (κ2) is 7.00. The molecule has 0 bridgehead atoms. The molecule has 6 heteroatoms. The Hall–Kier alpha value is -2.47. The maximum Gasteiger partial charge on any atom is 0.257 e. The smallest absolute Gasteiger partial charge is 0.257 e. The van der Waals surface area contributed by atoms with Gasteiger partial charge in [0.15, 0.2) is 5.82 Å². The Morgan fingerprint density at radius 3 is 2.86 bits per heavy atom. The number of rotatable bonds is 7. The third-order valence-electron chi connectivity index (χ3n) is 3.45. The summed E-state index contributed by atoms with van der Waals surface area (Å²) in [5.41, 5.74) is 0.938. The van der Waals surface area contributed by atoms with Crippen LogP contribution in [0.5, 0.6) is 0 Å². The molecule has 114 valence electrons. The summed E-state index contributed by atoms with van der Waals surface area (Å²) < 4.78 is 7.22. The topological polar surface area (TPSA) is 68.8 Å². The Bertz CT molecular complexity index is 678. The van der Waals surface area contributed by atoms with E-state index in [-0.39, 0.29) is 0 Å². The zero-order valence-electron chi connectivity index (χ0n) is 12.5. The number of benzene rings is 1. The van der Waals surface area contributed by atoms with Crippen LogP contribution >= 0.6 is 0 Å². The summed E-state index contributed by atoms with van der Waals surface area (Å²) in [5, 5.41) is 11.6. The molecule has 0 unspecified atom stereocenters. The van der Waals surface area contributed by atoms with Gasteiger partial charge in [-0.25, -0.2) is 0 Å². The van der Waals surface area contributed by atoms with Crippen LogP contribution in [0.3, 0.4) is 0 Å². The van der Waals surface area contributed by atoms with Gasteiger partial charge in [-0.05, 0) is 31.5 Å². The van der Waals surface area contributed by atoms with Gasteiger partial charge >= 0.3 is 0 Å². The zero-order chi connectivity index (χ0) is 15.2. The van der Waals surface area contributed by atoms with Crippen LogP contribution in [0.25, 0.3) is 11.5 Å². The van der Waals surface area contributed by atoms with E-state index in [1.54, 1.807) is 6.20 Å². The summed E-state index contributed by atoms with van der Waals surface area (Å²) in [7, 11) is 0. The van der Waals surface area contributed by atoms with Gasteiger partial charge in [0.1, 0.15) is 0 Å². The van der Waals surface area contributed by atoms with E-state index < -0.39 is 0 Å². The van der Waals surface area contributed by atoms with E-state index in [0.29, 0.717) is 24.3 Å². The van der Waals surface area contributed by atoms with Crippen LogP contribution in [0.2, 0.25) is 0 Å². The maximum absolute atomic E-state index is 5.29. The van der Waals surface area contributed by atoms with E-state index >= 15 is 0 Å². The van der Waals surface area contributed by atoms with Crippen molar-refractivity contribution in [3.05, 3.63) is 54.6 Å². The summed E-state index contributed by atoms with van der Waals surface area (Å²) in [5.74, 6) is 1.23. The van der Waals surface area contributed by atoms with Gasteiger partial charge in [-0.3, -0.25) is 4.68 Å². The molecule has 6 nitrogen and oxygen atoms in total. The monoisotopic (exact) mass is 297 g/mol. The summed E-state index contributed by atoms with van der Waals surface area (Å²) >= 11 is 0. The number of hydrogen-bond donors (Lipinski definition) is 1. The number of nitrogens with one attached hydrogen (secondary N) is 1. The van der Waals surface area contributed by atoms with Crippen molar-refractivity contribution in [2.24, 2.45) is 0 Å². The van der Waals surface area contributed by atoms with Crippen LogP contribution in [-0.4, -0.2) is 26.0 Å². The molecule has 0 aliphatic rings. The van der Waals surface area contributed by atoms with Crippen molar-refractivity contribution in [2.75, 3.05) is 0 Å². The SMILES string of the molecule is C[C@H](CCn1cccn1)NCc1noc(-c2ccccc2)n1. The van der Waals surface area contributed by atoms with Gasteiger partial charge in [-0.1, -0.05) is 23.4 Å². The molecule has 0 fully saturated rings. The van der Waals surface area contributed by atoms with Crippen molar-refractivity contribution < 1.29 is 4.52 Å². The quantitative estimate of drug-likeness (QED) is 0.725. The summed E-state index contributed by atoms with van der Waals surface area (Å²) in [6.07, 6.45) is 4.76. The van der Waals surface area contributed by atoms with Gasteiger partial charge in [-0.15, -0.1) is 0 Å². The minimum atomic E-state index is 0.350. The lowest BCUT2D eigenvalue weighted by atomic mass is 10.2. The number of nitrogens with zero attached hydrogens (tertiary/aromatic N) is 4. The number of aromatic nitrogens is 4. The second-order valence-corrected chi connectivity index (χ2v) is 5.22. The Morgan fingerprint density at radius 1 is 1.23 bits per heavy atom. The lowest BCUT2D eigenvalue weighted by Gasteiger charge is -2.11. The first-order chi connectivity index (χ1) is 10.8. The van der Waals surface area contributed by atoms with E-state index in [0.717, 1.165) is 18.5 Å². The van der Waals surface area contributed by atoms with Crippen LogP contribution in [-0.2, 0) is 13.1 Å². The first-order valence-electron chi connectivity index (χ1n) is 7.40. The molecule has 2 heterocycles. The van der Waals surface area contributed by atoms with E-state index in [1.807, 2.05) is 47.3 Å². The molecule has 0 spiro atoms. The normalized spacial score (nSPS) is 12.4. The highest BCUT2D eigenvalue weighted by molar-refractivity contribution is 5.51. The molecule has 0 saturated carbocycles. The summed E-state index contributed by atoms with van der Waals surface area (Å²) in [6, 6.07) is 12.1. The second-order valence-electron chi connectivity index (χ2n) is 5.22. The average molecular weight is 297 g/mol. The van der Waals surface area contributed by atoms with Crippen LogP contribution in [0, 0.1) is 0 Å². The summed E-state index contributed by atoms with van der Waals surface area (Å²) in [6.45, 7) is 3.63. The molecule has 22 heavy (non-hydrogen) atoms. The van der Waals surface area contributed by atoms with Gasteiger partial charge in [0, 0.05) is 30.5 Å². The van der Waals surface area contributed by atoms with Crippen LogP contribution in [0.15, 0.2) is 53.3 Å². The summed E-state index contributed by atoms with van der Waals surface area (Å²) in [4.78, 5) is 4.40. The standard InChI is InChI=1S/C16H19N5O/c1-13(8-11-21-10-5-9-18-21)17-12-15-19-16(22-20-15)14-6-3-2-4-7-14/h2-7,9-10,13,17H,8,11-12H2,1H3/t13-/m1/s1. The van der Waals surface area contributed by atoms with Crippen molar-refractivity contribution in [2.45, 2.75) is 32.5 Å². The number of aryl methyl sites for hydroxylation is 1. The molecular formula is C16H19N5O. The minimum Gasteiger partial charge on any atom is -0.334 e. The van der Waals surface area contributed by atoms with Crippen molar-refractivity contribution in [3.63, 3.8) is 0 Å². The first-order valence-corrected chi connectivity index (χ1v) is 7.40. The van der Waals surface area contributed by atoms with Gasteiger partial charge in [-0.2, -0.15) is 10.1 Å². The zero-order valence-corrected chi connectivity index (χ0v) is 12.5. The fraction of sp³-hybridized carbons (Fsp3) is 0.312. The molecule has 0 amide bonds. The molecule has 3 aromatic rings. The molecule has 0 aliphatic carbocycles. The molecule has 3 rings (SSSR count). The average Bonchev–Trinajstić information content (AvgIpc) is 3.23. The Kier molecular flexibility index (Phi) is 4.60. The Morgan fingerprint density at radius 2 is 2.09 bits per heavy atom. The third-order valence-corrected chi connectivity index (χ3v) is 3.45. The largest absolute Gasteiger partial charge is 0.334 e. The predicted octanol–water partition coefficient (Wildman–Crippen LogP) is 2.50. The van der Waals surface area contributed by atoms with E-state index in [4.69, 9.17) is 4.52 Å². The lowest BCUT2D eigenvalue weighted by molar-refractivity contribution is 0.409. The third kappa shape index (κ3) is 3.79. The minimum absolute atomic E-state index is 0.350. The van der Waals surface area contributed by atoms with Crippen LogP contribution in [0.4, 0.5) is 0 Å². The fourth-order valence-electron chi connectivity index (χ4n) is 2.15. The van der Waals surface area contributed by atoms with Crippen molar-refractivity contribution >= 4 is 0 Å². The highest BCUT2D eigenvalue weighted by Gasteiger charge is 2.09. The van der Waals surface area contributed by atoms with E-state index in [1.165, 1.54) is 0 Å². The van der Waals surface area contributed by atoms with Crippen LogP contribution < -0.4 is 5.32 Å². The van der Waals surface area contributed by atoms with Gasteiger partial charge < -0.3 is 9.84 Å². The fourth-order valence-corrected chi connectivity index (χ4v) is 2.15. The molecular weight excluding hydrogens is 278 g/mol. The van der Waals surface area contributed by atoms with Crippen LogP contribution in [0.1, 0.15) is 19.2 Å². The predicted molar refractivity (Wildman–Crippen MR) is 82.9 cm³/mol. The van der Waals surface area contributed by atoms with Gasteiger partial charge in [0.2, 0.25) is 0 Å². The van der Waals surface area contributed by atoms with E-state index in [9.17, 15) is 0 Å². The number of hydrogen-bond acceptors (Lipinski definition) is 5. The van der Waals surface area contributed by atoms with Crippen molar-refractivity contribution in [1.29, 1.82) is 0 Å². The molecule has 1 atom stereocenters. The highest BCUT2D eigenvalue weighted by atomic mass is 16.5. The van der Waals surface area contributed by atoms with Gasteiger partial charge in [0.05, 0.1) is 6.54 Å². The van der Waals surface area contributed by atoms with Gasteiger partial charge in [0.25, 0.3) is 5.89 Å². The van der Waals surface area contributed by atoms with Crippen molar-refractivity contribution in [3.8, 4) is 11.5 Å². The molecule has 1 N–H and O–H groups in total. The van der Waals surface area contributed by atoms with E-state index in [2.05, 4.69) is 27.5 Å². The molecule has 0 radical (unpaired) electrons. The Balaban J connectivity index is 1.48. The molecule has 2 aromatic heterocycles. The lowest BCUT2D eigenvalue weighted by Crippen LogP contribution is -2.27.